The Kier molecular flexibility index (Phi) is 5.02. The summed E-state index contributed by atoms with van der Waals surface area (Å²) in [5, 5.41) is 12.0. The summed E-state index contributed by atoms with van der Waals surface area (Å²) >= 11 is 4.26. The van der Waals surface area contributed by atoms with Crippen LogP contribution < -0.4 is 5.32 Å². The van der Waals surface area contributed by atoms with Gasteiger partial charge in [0.1, 0.15) is 0 Å². The standard InChI is InChI=1S/C13H19NO2S/c1-3-13(2,8-9-15)14-12(16)10-6-4-5-7-11(10)17/h4-7,15,17H,3,8-9H2,1-2H3,(H,14,16). The van der Waals surface area contributed by atoms with Crippen LogP contribution in [0.3, 0.4) is 0 Å². The van der Waals surface area contributed by atoms with Gasteiger partial charge in [0.25, 0.3) is 5.91 Å². The molecule has 0 saturated carbocycles. The minimum Gasteiger partial charge on any atom is -0.396 e. The average molecular weight is 253 g/mol. The van der Waals surface area contributed by atoms with E-state index in [0.29, 0.717) is 16.9 Å². The average Bonchev–Trinajstić information content (AvgIpc) is 2.29. The van der Waals surface area contributed by atoms with E-state index < -0.39 is 0 Å². The maximum Gasteiger partial charge on any atom is 0.252 e. The lowest BCUT2D eigenvalue weighted by atomic mass is 9.94. The Balaban J connectivity index is 2.82. The van der Waals surface area contributed by atoms with Crippen LogP contribution in [-0.4, -0.2) is 23.2 Å². The number of thiol groups is 1. The molecule has 0 bridgehead atoms. The summed E-state index contributed by atoms with van der Waals surface area (Å²) in [4.78, 5) is 12.7. The van der Waals surface area contributed by atoms with Crippen LogP contribution in [0.1, 0.15) is 37.0 Å². The van der Waals surface area contributed by atoms with E-state index in [1.54, 1.807) is 12.1 Å². The lowest BCUT2D eigenvalue weighted by Crippen LogP contribution is -2.46. The number of hydrogen-bond acceptors (Lipinski definition) is 3. The van der Waals surface area contributed by atoms with E-state index in [0.717, 1.165) is 6.42 Å². The van der Waals surface area contributed by atoms with Gasteiger partial charge in [-0.05, 0) is 31.9 Å². The van der Waals surface area contributed by atoms with Crippen molar-refractivity contribution in [3.05, 3.63) is 29.8 Å². The van der Waals surface area contributed by atoms with Crippen molar-refractivity contribution in [1.29, 1.82) is 0 Å². The lowest BCUT2D eigenvalue weighted by molar-refractivity contribution is 0.0883. The quantitative estimate of drug-likeness (QED) is 0.705. The first-order valence-corrected chi connectivity index (χ1v) is 6.18. The van der Waals surface area contributed by atoms with Gasteiger partial charge in [-0.25, -0.2) is 0 Å². The minimum atomic E-state index is -0.373. The van der Waals surface area contributed by atoms with Crippen LogP contribution in [0.2, 0.25) is 0 Å². The Morgan fingerprint density at radius 3 is 2.65 bits per heavy atom. The van der Waals surface area contributed by atoms with Crippen molar-refractivity contribution in [1.82, 2.24) is 5.32 Å². The van der Waals surface area contributed by atoms with Crippen LogP contribution in [0, 0.1) is 0 Å². The molecular formula is C13H19NO2S. The third-order valence-electron chi connectivity index (χ3n) is 3.01. The second-order valence-corrected chi connectivity index (χ2v) is 4.84. The van der Waals surface area contributed by atoms with Crippen LogP contribution >= 0.6 is 12.6 Å². The molecule has 1 atom stereocenters. The molecule has 0 spiro atoms. The van der Waals surface area contributed by atoms with Crippen LogP contribution in [0.25, 0.3) is 0 Å². The number of benzene rings is 1. The largest absolute Gasteiger partial charge is 0.396 e. The zero-order chi connectivity index (χ0) is 12.9. The Bertz CT molecular complexity index is 395. The molecule has 17 heavy (non-hydrogen) atoms. The van der Waals surface area contributed by atoms with Crippen LogP contribution in [0.5, 0.6) is 0 Å². The molecule has 4 heteroatoms. The first-order valence-electron chi connectivity index (χ1n) is 5.74. The summed E-state index contributed by atoms with van der Waals surface area (Å²) < 4.78 is 0. The first-order chi connectivity index (χ1) is 8.02. The highest BCUT2D eigenvalue weighted by Crippen LogP contribution is 2.18. The van der Waals surface area contributed by atoms with Crippen LogP contribution in [0.4, 0.5) is 0 Å². The first kappa shape index (κ1) is 14.1. The monoisotopic (exact) mass is 253 g/mol. The van der Waals surface area contributed by atoms with E-state index in [1.165, 1.54) is 0 Å². The van der Waals surface area contributed by atoms with Gasteiger partial charge in [0.2, 0.25) is 0 Å². The van der Waals surface area contributed by atoms with E-state index in [2.05, 4.69) is 17.9 Å². The molecule has 0 aliphatic rings. The maximum atomic E-state index is 12.1. The second-order valence-electron chi connectivity index (χ2n) is 4.36. The number of rotatable bonds is 5. The fraction of sp³-hybridized carbons (Fsp3) is 0.462. The molecule has 3 nitrogen and oxygen atoms in total. The third-order valence-corrected chi connectivity index (χ3v) is 3.40. The summed E-state index contributed by atoms with van der Waals surface area (Å²) in [6.07, 6.45) is 1.32. The van der Waals surface area contributed by atoms with Crippen molar-refractivity contribution in [3.8, 4) is 0 Å². The van der Waals surface area contributed by atoms with E-state index in [9.17, 15) is 4.79 Å². The predicted molar refractivity (Wildman–Crippen MR) is 71.6 cm³/mol. The third kappa shape index (κ3) is 3.75. The summed E-state index contributed by atoms with van der Waals surface area (Å²) in [6, 6.07) is 7.18. The van der Waals surface area contributed by atoms with Gasteiger partial charge in [0, 0.05) is 17.0 Å². The van der Waals surface area contributed by atoms with Crippen molar-refractivity contribution in [2.24, 2.45) is 0 Å². The number of aliphatic hydroxyl groups excluding tert-OH is 1. The maximum absolute atomic E-state index is 12.1. The molecule has 1 amide bonds. The summed E-state index contributed by atoms with van der Waals surface area (Å²) in [5.74, 6) is -0.145. The van der Waals surface area contributed by atoms with Gasteiger partial charge >= 0.3 is 0 Å². The normalized spacial score (nSPS) is 14.1. The number of hydrogen-bond donors (Lipinski definition) is 3. The number of carbonyl (C=O) groups excluding carboxylic acids is 1. The SMILES string of the molecule is CCC(C)(CCO)NC(=O)c1ccccc1S. The molecule has 0 fully saturated rings. The Morgan fingerprint density at radius 1 is 1.47 bits per heavy atom. The molecule has 0 aliphatic carbocycles. The van der Waals surface area contributed by atoms with E-state index in [4.69, 9.17) is 5.11 Å². The van der Waals surface area contributed by atoms with E-state index >= 15 is 0 Å². The van der Waals surface area contributed by atoms with Gasteiger partial charge < -0.3 is 10.4 Å². The zero-order valence-corrected chi connectivity index (χ0v) is 11.1. The molecule has 1 unspecified atom stereocenters. The number of aliphatic hydroxyl groups is 1. The predicted octanol–water partition coefficient (Wildman–Crippen LogP) is 2.26. The van der Waals surface area contributed by atoms with Crippen molar-refractivity contribution < 1.29 is 9.90 Å². The Hall–Kier alpha value is -1.00. The summed E-state index contributed by atoms with van der Waals surface area (Å²) in [5.41, 5.74) is 0.190. The van der Waals surface area contributed by atoms with Crippen molar-refractivity contribution in [2.45, 2.75) is 37.1 Å². The number of nitrogens with one attached hydrogen (secondary N) is 1. The molecule has 0 aliphatic heterocycles. The fourth-order valence-electron chi connectivity index (χ4n) is 1.58. The smallest absolute Gasteiger partial charge is 0.252 e. The van der Waals surface area contributed by atoms with E-state index in [1.807, 2.05) is 26.0 Å². The molecule has 94 valence electrons. The van der Waals surface area contributed by atoms with Crippen molar-refractivity contribution in [3.63, 3.8) is 0 Å². The van der Waals surface area contributed by atoms with Gasteiger partial charge in [-0.3, -0.25) is 4.79 Å². The van der Waals surface area contributed by atoms with Gasteiger partial charge in [0.05, 0.1) is 5.56 Å². The lowest BCUT2D eigenvalue weighted by Gasteiger charge is -2.29. The highest BCUT2D eigenvalue weighted by atomic mass is 32.1. The highest BCUT2D eigenvalue weighted by Gasteiger charge is 2.24. The Labute approximate surface area is 108 Å². The summed E-state index contributed by atoms with van der Waals surface area (Å²) in [7, 11) is 0. The molecule has 1 aromatic rings. The van der Waals surface area contributed by atoms with Gasteiger partial charge in [0.15, 0.2) is 0 Å². The molecule has 0 radical (unpaired) electrons. The molecule has 1 aromatic carbocycles. The summed E-state index contributed by atoms with van der Waals surface area (Å²) in [6.45, 7) is 3.98. The molecule has 1 rings (SSSR count). The topological polar surface area (TPSA) is 49.3 Å². The van der Waals surface area contributed by atoms with Gasteiger partial charge in [-0.2, -0.15) is 0 Å². The molecule has 0 saturated heterocycles. The Morgan fingerprint density at radius 2 is 2.12 bits per heavy atom. The fourth-order valence-corrected chi connectivity index (χ4v) is 1.84. The second kappa shape index (κ2) is 6.07. The van der Waals surface area contributed by atoms with Crippen molar-refractivity contribution >= 4 is 18.5 Å². The van der Waals surface area contributed by atoms with Crippen LogP contribution in [0.15, 0.2) is 29.2 Å². The molecule has 0 heterocycles. The van der Waals surface area contributed by atoms with Crippen LogP contribution in [-0.2, 0) is 0 Å². The number of amides is 1. The van der Waals surface area contributed by atoms with E-state index in [-0.39, 0.29) is 18.1 Å². The molecular weight excluding hydrogens is 234 g/mol. The number of carbonyl (C=O) groups is 1. The van der Waals surface area contributed by atoms with Gasteiger partial charge in [-0.1, -0.05) is 19.1 Å². The van der Waals surface area contributed by atoms with Crippen molar-refractivity contribution in [2.75, 3.05) is 6.61 Å². The minimum absolute atomic E-state index is 0.0626. The zero-order valence-electron chi connectivity index (χ0n) is 10.2. The van der Waals surface area contributed by atoms with Gasteiger partial charge in [-0.15, -0.1) is 12.6 Å². The molecule has 2 N–H and O–H groups in total. The molecule has 0 aromatic heterocycles. The highest BCUT2D eigenvalue weighted by molar-refractivity contribution is 7.80.